The predicted octanol–water partition coefficient (Wildman–Crippen LogP) is 0.649. The largest absolute Gasteiger partial charge is 0.374 e. The monoisotopic (exact) mass is 246 g/mol. The van der Waals surface area contributed by atoms with Crippen molar-refractivity contribution in [2.24, 2.45) is 0 Å². The van der Waals surface area contributed by atoms with Gasteiger partial charge in [-0.15, -0.1) is 0 Å². The van der Waals surface area contributed by atoms with Gasteiger partial charge in [0.25, 0.3) is 0 Å². The second-order valence-corrected chi connectivity index (χ2v) is 6.37. The average molecular weight is 246 g/mol. The normalized spacial score (nSPS) is 45.8. The van der Waals surface area contributed by atoms with E-state index in [1.807, 2.05) is 6.92 Å². The Balaban J connectivity index is 2.18. The zero-order chi connectivity index (χ0) is 12.0. The number of hydrogen-bond donors (Lipinski definition) is 1. The van der Waals surface area contributed by atoms with Gasteiger partial charge >= 0.3 is 7.60 Å². The van der Waals surface area contributed by atoms with Gasteiger partial charge in [0.1, 0.15) is 25.7 Å². The molecule has 0 saturated carbocycles. The van der Waals surface area contributed by atoms with Crippen molar-refractivity contribution in [3.63, 3.8) is 0 Å². The summed E-state index contributed by atoms with van der Waals surface area (Å²) in [5, 5.41) is 0. The van der Waals surface area contributed by atoms with Crippen LogP contribution in [0.1, 0.15) is 20.3 Å². The first kappa shape index (κ1) is 12.6. The van der Waals surface area contributed by atoms with Crippen molar-refractivity contribution in [3.8, 4) is 0 Å². The van der Waals surface area contributed by atoms with Gasteiger partial charge in [-0.25, -0.2) is 0 Å². The summed E-state index contributed by atoms with van der Waals surface area (Å²) >= 11 is 0. The van der Waals surface area contributed by atoms with E-state index in [0.717, 1.165) is 0 Å². The minimum absolute atomic E-state index is 0.0747. The first-order valence-electron chi connectivity index (χ1n) is 5.49. The van der Waals surface area contributed by atoms with Crippen LogP contribution in [0.4, 0.5) is 0 Å². The molecule has 2 fully saturated rings. The van der Waals surface area contributed by atoms with E-state index < -0.39 is 31.4 Å². The summed E-state index contributed by atoms with van der Waals surface area (Å²) in [4.78, 5) is 9.52. The van der Waals surface area contributed by atoms with E-state index >= 15 is 0 Å². The lowest BCUT2D eigenvalue weighted by molar-refractivity contribution is -0.117. The van der Waals surface area contributed by atoms with Gasteiger partial charge in [-0.3, -0.25) is 9.09 Å². The van der Waals surface area contributed by atoms with Crippen molar-refractivity contribution in [1.82, 2.24) is 0 Å². The third kappa shape index (κ3) is 1.87. The number of ether oxygens (including phenoxy) is 2. The first-order chi connectivity index (χ1) is 7.44. The molecule has 90 valence electrons. The van der Waals surface area contributed by atoms with Gasteiger partial charge in [-0.1, -0.05) is 13.8 Å². The molecule has 2 rings (SSSR count). The molecule has 2 aliphatic heterocycles. The zero-order valence-electron chi connectivity index (χ0n) is 9.46. The SMILES string of the molecule is [B][C@@H]1O[C@@]2(CC)CO[C@H]1C2OP(=O)(O)CC. The highest BCUT2D eigenvalue weighted by molar-refractivity contribution is 7.52. The minimum atomic E-state index is -3.56. The molecule has 0 aromatic heterocycles. The fourth-order valence-corrected chi connectivity index (χ4v) is 3.02. The van der Waals surface area contributed by atoms with E-state index in [4.69, 9.17) is 21.8 Å². The molecule has 5 nitrogen and oxygen atoms in total. The van der Waals surface area contributed by atoms with Gasteiger partial charge in [0.15, 0.2) is 0 Å². The maximum Gasteiger partial charge on any atom is 0.328 e. The highest BCUT2D eigenvalue weighted by Crippen LogP contribution is 2.52. The Morgan fingerprint density at radius 2 is 2.31 bits per heavy atom. The van der Waals surface area contributed by atoms with Crippen LogP contribution < -0.4 is 0 Å². The lowest BCUT2D eigenvalue weighted by atomic mass is 9.91. The topological polar surface area (TPSA) is 65.0 Å². The average Bonchev–Trinajstić information content (AvgIpc) is 2.70. The second kappa shape index (κ2) is 4.11. The lowest BCUT2D eigenvalue weighted by Gasteiger charge is -2.30. The standard InChI is InChI=1S/C9H16BO5P/c1-3-9-5-13-6(8(10)14-9)7(9)15-16(11,12)4-2/h6-8H,3-5H2,1-2H3,(H,11,12)/t6-,7?,8+,9-/m0/s1. The molecule has 2 aliphatic rings. The van der Waals surface area contributed by atoms with Gasteiger partial charge in [-0.05, 0) is 6.42 Å². The van der Waals surface area contributed by atoms with Crippen LogP contribution in [0.25, 0.3) is 0 Å². The van der Waals surface area contributed by atoms with E-state index in [9.17, 15) is 9.46 Å². The zero-order valence-corrected chi connectivity index (χ0v) is 10.4. The molecule has 0 spiro atoms. The molecule has 1 N–H and O–H groups in total. The molecule has 2 radical (unpaired) electrons. The number of rotatable bonds is 4. The number of fused-ring (bicyclic) bond motifs is 2. The molecule has 2 bridgehead atoms. The molecule has 0 aromatic rings. The first-order valence-corrected chi connectivity index (χ1v) is 7.25. The highest BCUT2D eigenvalue weighted by atomic mass is 31.2. The summed E-state index contributed by atoms with van der Waals surface area (Å²) in [5.41, 5.74) is -0.655. The van der Waals surface area contributed by atoms with E-state index in [2.05, 4.69) is 0 Å². The molecule has 5 atom stereocenters. The van der Waals surface area contributed by atoms with Crippen molar-refractivity contribution in [1.29, 1.82) is 0 Å². The van der Waals surface area contributed by atoms with Crippen LogP contribution >= 0.6 is 7.60 Å². The Hall–Kier alpha value is 0.135. The van der Waals surface area contributed by atoms with Crippen LogP contribution in [0.5, 0.6) is 0 Å². The fraction of sp³-hybridized carbons (Fsp3) is 1.00. The van der Waals surface area contributed by atoms with Gasteiger partial charge in [-0.2, -0.15) is 0 Å². The van der Waals surface area contributed by atoms with Crippen LogP contribution in [0.2, 0.25) is 0 Å². The molecular formula is C9H16BO5P. The van der Waals surface area contributed by atoms with Gasteiger partial charge < -0.3 is 14.4 Å². The van der Waals surface area contributed by atoms with Crippen molar-refractivity contribution >= 4 is 15.4 Å². The van der Waals surface area contributed by atoms with E-state index in [-0.39, 0.29) is 6.16 Å². The maximum absolute atomic E-state index is 11.6. The molecule has 2 heterocycles. The van der Waals surface area contributed by atoms with E-state index in [0.29, 0.717) is 13.0 Å². The van der Waals surface area contributed by atoms with Gasteiger partial charge in [0.05, 0.1) is 6.61 Å². The van der Waals surface area contributed by atoms with Gasteiger partial charge in [0.2, 0.25) is 0 Å². The summed E-state index contributed by atoms with van der Waals surface area (Å²) in [5.74, 6) is 0. The third-order valence-corrected chi connectivity index (χ3v) is 4.66. The van der Waals surface area contributed by atoms with Crippen LogP contribution in [-0.4, -0.2) is 49.3 Å². The van der Waals surface area contributed by atoms with Crippen molar-refractivity contribution < 1.29 is 23.5 Å². The Kier molecular flexibility index (Phi) is 3.23. The predicted molar refractivity (Wildman–Crippen MR) is 58.6 cm³/mol. The molecule has 2 saturated heterocycles. The quantitative estimate of drug-likeness (QED) is 0.582. The Morgan fingerprint density at radius 3 is 2.81 bits per heavy atom. The van der Waals surface area contributed by atoms with Crippen LogP contribution in [-0.2, 0) is 18.6 Å². The van der Waals surface area contributed by atoms with Crippen LogP contribution in [0.15, 0.2) is 0 Å². The summed E-state index contributed by atoms with van der Waals surface area (Å²) in [6, 6.07) is -0.574. The van der Waals surface area contributed by atoms with E-state index in [1.54, 1.807) is 6.92 Å². The van der Waals surface area contributed by atoms with Gasteiger partial charge in [0, 0.05) is 12.2 Å². The summed E-state index contributed by atoms with van der Waals surface area (Å²) < 4.78 is 27.9. The third-order valence-electron chi connectivity index (χ3n) is 3.31. The Morgan fingerprint density at radius 1 is 1.62 bits per heavy atom. The second-order valence-electron chi connectivity index (χ2n) is 4.26. The maximum atomic E-state index is 11.6. The lowest BCUT2D eigenvalue weighted by Crippen LogP contribution is -2.41. The molecular weight excluding hydrogens is 230 g/mol. The Labute approximate surface area is 96.4 Å². The molecule has 0 amide bonds. The Bertz CT molecular complexity index is 325. The molecule has 0 aromatic carbocycles. The molecule has 2 unspecified atom stereocenters. The molecule has 0 aliphatic carbocycles. The molecule has 16 heavy (non-hydrogen) atoms. The summed E-state index contributed by atoms with van der Waals surface area (Å²) in [7, 11) is 2.18. The smallest absolute Gasteiger partial charge is 0.328 e. The van der Waals surface area contributed by atoms with Crippen LogP contribution in [0.3, 0.4) is 0 Å². The van der Waals surface area contributed by atoms with Crippen molar-refractivity contribution in [2.45, 2.75) is 44.1 Å². The summed E-state index contributed by atoms with van der Waals surface area (Å²) in [6.07, 6.45) is -0.258. The van der Waals surface area contributed by atoms with Crippen molar-refractivity contribution in [2.75, 3.05) is 12.8 Å². The van der Waals surface area contributed by atoms with Crippen molar-refractivity contribution in [3.05, 3.63) is 0 Å². The summed E-state index contributed by atoms with van der Waals surface area (Å²) in [6.45, 7) is 3.91. The minimum Gasteiger partial charge on any atom is -0.374 e. The molecule has 7 heteroatoms. The number of hydrogen-bond acceptors (Lipinski definition) is 4. The van der Waals surface area contributed by atoms with E-state index in [1.165, 1.54) is 0 Å². The fourth-order valence-electron chi connectivity index (χ4n) is 2.21. The van der Waals surface area contributed by atoms with Crippen LogP contribution in [0, 0.1) is 0 Å². The highest BCUT2D eigenvalue weighted by Gasteiger charge is 2.60.